The number of hydrogen-bond donors (Lipinski definition) is 0. The van der Waals surface area contributed by atoms with Crippen molar-refractivity contribution in [2.24, 2.45) is 0 Å². The van der Waals surface area contributed by atoms with Gasteiger partial charge in [0.1, 0.15) is 17.7 Å². The number of carbonyl (C=O) groups excluding carboxylic acids is 2. The fraction of sp³-hybridized carbons (Fsp3) is 0.529. The molecule has 1 aromatic carbocycles. The van der Waals surface area contributed by atoms with E-state index in [9.17, 15) is 14.0 Å². The smallest absolute Gasteiger partial charge is 0.411 e. The van der Waals surface area contributed by atoms with E-state index in [0.717, 1.165) is 0 Å². The van der Waals surface area contributed by atoms with Gasteiger partial charge in [0.15, 0.2) is 11.6 Å². The van der Waals surface area contributed by atoms with Gasteiger partial charge in [0.2, 0.25) is 0 Å². The summed E-state index contributed by atoms with van der Waals surface area (Å²) in [4.78, 5) is 25.7. The fourth-order valence-corrected chi connectivity index (χ4v) is 3.34. The van der Waals surface area contributed by atoms with Gasteiger partial charge in [-0.1, -0.05) is 11.6 Å². The normalized spacial score (nSPS) is 20.0. The lowest BCUT2D eigenvalue weighted by Gasteiger charge is -2.27. The highest BCUT2D eigenvalue weighted by atomic mass is 79.9. The number of halogens is 3. The number of nitrogens with zero attached hydrogens (tertiary/aromatic N) is 1. The SMILES string of the molecule is COC(=O)[C@@H]1C[C@H](Oc2cc(Cl)cc(Br)c2F)CN1C(=O)OC(C)(C)C. The molecule has 1 amide bonds. The molecule has 144 valence electrons. The first-order valence-corrected chi connectivity index (χ1v) is 9.07. The number of rotatable bonds is 3. The average molecular weight is 453 g/mol. The molecule has 1 aliphatic rings. The van der Waals surface area contributed by atoms with Gasteiger partial charge in [0.05, 0.1) is 18.1 Å². The molecule has 0 bridgehead atoms. The van der Waals surface area contributed by atoms with Gasteiger partial charge in [-0.3, -0.25) is 4.90 Å². The summed E-state index contributed by atoms with van der Waals surface area (Å²) in [6, 6.07) is 1.87. The molecule has 9 heteroatoms. The second kappa shape index (κ2) is 8.00. The number of amides is 1. The van der Waals surface area contributed by atoms with Gasteiger partial charge >= 0.3 is 12.1 Å². The van der Waals surface area contributed by atoms with Gasteiger partial charge in [-0.25, -0.2) is 14.0 Å². The highest BCUT2D eigenvalue weighted by Crippen LogP contribution is 2.32. The van der Waals surface area contributed by atoms with Crippen LogP contribution in [0, 0.1) is 5.82 Å². The molecule has 1 fully saturated rings. The summed E-state index contributed by atoms with van der Waals surface area (Å²) in [7, 11) is 1.23. The zero-order chi connectivity index (χ0) is 19.6. The summed E-state index contributed by atoms with van der Waals surface area (Å²) >= 11 is 8.99. The molecule has 0 aromatic heterocycles. The first kappa shape index (κ1) is 20.8. The number of likely N-dealkylation sites (tertiary alicyclic amines) is 1. The van der Waals surface area contributed by atoms with Crippen molar-refractivity contribution in [1.29, 1.82) is 0 Å². The van der Waals surface area contributed by atoms with Gasteiger partial charge in [0, 0.05) is 17.5 Å². The van der Waals surface area contributed by atoms with Gasteiger partial charge in [-0.15, -0.1) is 0 Å². The minimum Gasteiger partial charge on any atom is -0.485 e. The molecule has 2 atom stereocenters. The highest BCUT2D eigenvalue weighted by molar-refractivity contribution is 9.10. The van der Waals surface area contributed by atoms with Crippen molar-refractivity contribution in [2.45, 2.75) is 44.9 Å². The Morgan fingerprint density at radius 3 is 2.58 bits per heavy atom. The Morgan fingerprint density at radius 1 is 1.35 bits per heavy atom. The number of hydrogen-bond acceptors (Lipinski definition) is 5. The Hall–Kier alpha value is -1.54. The van der Waals surface area contributed by atoms with Crippen LogP contribution in [0.15, 0.2) is 16.6 Å². The molecule has 0 saturated carbocycles. The van der Waals surface area contributed by atoms with Gasteiger partial charge < -0.3 is 14.2 Å². The third-order valence-corrected chi connectivity index (χ3v) is 4.41. The van der Waals surface area contributed by atoms with Gasteiger partial charge in [0.25, 0.3) is 0 Å². The number of benzene rings is 1. The van der Waals surface area contributed by atoms with E-state index in [1.54, 1.807) is 20.8 Å². The van der Waals surface area contributed by atoms with Crippen LogP contribution >= 0.6 is 27.5 Å². The molecule has 1 aromatic rings. The number of ether oxygens (including phenoxy) is 3. The van der Waals surface area contributed by atoms with Crippen LogP contribution in [0.25, 0.3) is 0 Å². The predicted octanol–water partition coefficient (Wildman–Crippen LogP) is 4.17. The lowest BCUT2D eigenvalue weighted by molar-refractivity contribution is -0.145. The zero-order valence-electron chi connectivity index (χ0n) is 14.8. The maximum atomic E-state index is 14.2. The highest BCUT2D eigenvalue weighted by Gasteiger charge is 2.43. The maximum absolute atomic E-state index is 14.2. The van der Waals surface area contributed by atoms with Crippen LogP contribution in [0.2, 0.25) is 5.02 Å². The van der Waals surface area contributed by atoms with Crippen molar-refractivity contribution in [1.82, 2.24) is 4.90 Å². The number of carbonyl (C=O) groups is 2. The van der Waals surface area contributed by atoms with Crippen LogP contribution in [0.1, 0.15) is 27.2 Å². The van der Waals surface area contributed by atoms with Crippen LogP contribution in [0.5, 0.6) is 5.75 Å². The molecule has 0 N–H and O–H groups in total. The van der Waals surface area contributed by atoms with Crippen molar-refractivity contribution >= 4 is 39.6 Å². The summed E-state index contributed by atoms with van der Waals surface area (Å²) in [6.45, 7) is 5.22. The predicted molar refractivity (Wildman–Crippen MR) is 96.9 cm³/mol. The first-order valence-electron chi connectivity index (χ1n) is 7.90. The van der Waals surface area contributed by atoms with Crippen molar-refractivity contribution in [3.63, 3.8) is 0 Å². The Morgan fingerprint density at radius 2 is 2.00 bits per heavy atom. The Bertz CT molecular complexity index is 709. The number of methoxy groups -OCH3 is 1. The van der Waals surface area contributed by atoms with Crippen molar-refractivity contribution in [3.05, 3.63) is 27.4 Å². The Balaban J connectivity index is 2.20. The van der Waals surface area contributed by atoms with Crippen LogP contribution in [-0.2, 0) is 14.3 Å². The van der Waals surface area contributed by atoms with E-state index in [-0.39, 0.29) is 23.2 Å². The largest absolute Gasteiger partial charge is 0.485 e. The van der Waals surface area contributed by atoms with E-state index in [0.29, 0.717) is 5.02 Å². The average Bonchev–Trinajstić information content (AvgIpc) is 2.93. The minimum absolute atomic E-state index is 0.0538. The van der Waals surface area contributed by atoms with Gasteiger partial charge in [-0.2, -0.15) is 0 Å². The lowest BCUT2D eigenvalue weighted by atomic mass is 10.2. The second-order valence-electron chi connectivity index (χ2n) is 6.85. The summed E-state index contributed by atoms with van der Waals surface area (Å²) in [5.41, 5.74) is -0.722. The summed E-state index contributed by atoms with van der Waals surface area (Å²) in [5, 5.41) is 0.291. The van der Waals surface area contributed by atoms with E-state index in [1.165, 1.54) is 24.1 Å². The monoisotopic (exact) mass is 451 g/mol. The molecule has 0 unspecified atom stereocenters. The summed E-state index contributed by atoms with van der Waals surface area (Å²) in [6.07, 6.45) is -1.13. The fourth-order valence-electron chi connectivity index (χ4n) is 2.56. The van der Waals surface area contributed by atoms with E-state index < -0.39 is 35.6 Å². The first-order chi connectivity index (χ1) is 12.0. The van der Waals surface area contributed by atoms with Crippen LogP contribution < -0.4 is 4.74 Å². The third kappa shape index (κ3) is 5.01. The Labute approximate surface area is 164 Å². The van der Waals surface area contributed by atoms with Crippen molar-refractivity contribution in [3.8, 4) is 5.75 Å². The van der Waals surface area contributed by atoms with Gasteiger partial charge in [-0.05, 0) is 42.8 Å². The second-order valence-corrected chi connectivity index (χ2v) is 8.14. The van der Waals surface area contributed by atoms with Crippen molar-refractivity contribution in [2.75, 3.05) is 13.7 Å². The molecular weight excluding hydrogens is 433 g/mol. The third-order valence-electron chi connectivity index (χ3n) is 3.62. The maximum Gasteiger partial charge on any atom is 0.411 e. The molecule has 6 nitrogen and oxygen atoms in total. The molecule has 1 aliphatic heterocycles. The van der Waals surface area contributed by atoms with E-state index in [4.69, 9.17) is 25.8 Å². The summed E-state index contributed by atoms with van der Waals surface area (Å²) in [5.74, 6) is -1.27. The standard InChI is InChI=1S/C17H20BrClFNO5/c1-17(2,3)26-16(23)21-8-10(7-12(21)15(22)24-4)25-13-6-9(19)5-11(18)14(13)20/h5-6,10,12H,7-8H2,1-4H3/t10-,12-/m0/s1. The molecule has 2 rings (SSSR count). The molecule has 0 aliphatic carbocycles. The van der Waals surface area contributed by atoms with Crippen LogP contribution in [-0.4, -0.2) is 48.4 Å². The zero-order valence-corrected chi connectivity index (χ0v) is 17.2. The minimum atomic E-state index is -0.870. The lowest BCUT2D eigenvalue weighted by Crippen LogP contribution is -2.44. The molecular formula is C17H20BrClFNO5. The quantitative estimate of drug-likeness (QED) is 0.509. The Kier molecular flexibility index (Phi) is 6.39. The van der Waals surface area contributed by atoms with E-state index in [2.05, 4.69) is 15.9 Å². The molecule has 1 saturated heterocycles. The van der Waals surface area contributed by atoms with E-state index >= 15 is 0 Å². The molecule has 0 radical (unpaired) electrons. The molecule has 0 spiro atoms. The van der Waals surface area contributed by atoms with Crippen LogP contribution in [0.4, 0.5) is 9.18 Å². The molecule has 26 heavy (non-hydrogen) atoms. The number of esters is 1. The summed E-state index contributed by atoms with van der Waals surface area (Å²) < 4.78 is 30.1. The van der Waals surface area contributed by atoms with Crippen LogP contribution in [0.3, 0.4) is 0 Å². The molecule has 1 heterocycles. The topological polar surface area (TPSA) is 65.1 Å². The van der Waals surface area contributed by atoms with Crippen molar-refractivity contribution < 1.29 is 28.2 Å². The van der Waals surface area contributed by atoms with E-state index in [1.807, 2.05) is 0 Å².